The molecule has 0 amide bonds. The lowest BCUT2D eigenvalue weighted by molar-refractivity contribution is 0.0697. The Morgan fingerprint density at radius 2 is 1.12 bits per heavy atom. The van der Waals surface area contributed by atoms with Crippen molar-refractivity contribution in [2.75, 3.05) is 13.2 Å². The standard InChI is InChI=1S/C36H45F3O4/c1-3-5-7-9-10-11-13-15-23-43-33-21-19-28(34(38)35(33)39)30-24-26(16-18-29(30)36(40)41)27-17-20-32(31(37)25-27)42-22-14-12-8-6-4-2/h16-21,24-25H,3-15,22-23H2,1-2H3,(H,40,41). The van der Waals surface area contributed by atoms with Crippen LogP contribution in [0.25, 0.3) is 22.3 Å². The van der Waals surface area contributed by atoms with Gasteiger partial charge in [-0.05, 0) is 65.9 Å². The number of hydrogen-bond acceptors (Lipinski definition) is 3. The van der Waals surface area contributed by atoms with Crippen molar-refractivity contribution in [3.05, 3.63) is 71.5 Å². The van der Waals surface area contributed by atoms with Crippen molar-refractivity contribution in [2.24, 2.45) is 0 Å². The number of halogens is 3. The van der Waals surface area contributed by atoms with Gasteiger partial charge in [0.15, 0.2) is 23.1 Å². The molecule has 3 rings (SSSR count). The molecule has 3 aromatic rings. The lowest BCUT2D eigenvalue weighted by atomic mass is 9.94. The molecule has 0 bridgehead atoms. The lowest BCUT2D eigenvalue weighted by Crippen LogP contribution is -2.04. The number of ether oxygens (including phenoxy) is 2. The van der Waals surface area contributed by atoms with Gasteiger partial charge in [-0.2, -0.15) is 4.39 Å². The molecule has 0 unspecified atom stereocenters. The van der Waals surface area contributed by atoms with E-state index < -0.39 is 23.4 Å². The predicted octanol–water partition coefficient (Wildman–Crippen LogP) is 11.0. The third kappa shape index (κ3) is 10.3. The summed E-state index contributed by atoms with van der Waals surface area (Å²) in [5.74, 6) is -4.27. The van der Waals surface area contributed by atoms with E-state index >= 15 is 8.78 Å². The molecule has 0 saturated carbocycles. The normalized spacial score (nSPS) is 11.1. The number of rotatable bonds is 20. The van der Waals surface area contributed by atoms with E-state index in [2.05, 4.69) is 13.8 Å². The van der Waals surface area contributed by atoms with Crippen LogP contribution in [0.5, 0.6) is 11.5 Å². The van der Waals surface area contributed by atoms with Gasteiger partial charge < -0.3 is 14.6 Å². The molecule has 0 aliphatic heterocycles. The molecule has 0 spiro atoms. The molecule has 0 heterocycles. The molecule has 0 aromatic heterocycles. The zero-order chi connectivity index (χ0) is 31.0. The minimum absolute atomic E-state index is 0.0103. The van der Waals surface area contributed by atoms with Crippen LogP contribution in [0.1, 0.15) is 108 Å². The Balaban J connectivity index is 1.70. The van der Waals surface area contributed by atoms with Crippen molar-refractivity contribution >= 4 is 5.97 Å². The molecule has 0 aliphatic rings. The Labute approximate surface area is 254 Å². The molecule has 234 valence electrons. The highest BCUT2D eigenvalue weighted by Crippen LogP contribution is 2.35. The van der Waals surface area contributed by atoms with Gasteiger partial charge in [0.05, 0.1) is 18.8 Å². The van der Waals surface area contributed by atoms with E-state index in [0.717, 1.165) is 51.4 Å². The number of hydrogen-bond donors (Lipinski definition) is 1. The SMILES string of the molecule is CCCCCCCCCCOc1ccc(-c2cc(-c3ccc(OCCCCCCC)c(F)c3)ccc2C(=O)O)c(F)c1F. The highest BCUT2D eigenvalue weighted by atomic mass is 19.2. The van der Waals surface area contributed by atoms with Crippen LogP contribution in [0.4, 0.5) is 13.2 Å². The van der Waals surface area contributed by atoms with Crippen LogP contribution in [-0.2, 0) is 0 Å². The Morgan fingerprint density at radius 1 is 0.605 bits per heavy atom. The number of carbonyl (C=O) groups is 1. The van der Waals surface area contributed by atoms with Crippen LogP contribution < -0.4 is 9.47 Å². The second-order valence-electron chi connectivity index (χ2n) is 11.0. The number of carboxylic acid groups (broad SMARTS) is 1. The van der Waals surface area contributed by atoms with Gasteiger partial charge in [0.2, 0.25) is 5.82 Å². The summed E-state index contributed by atoms with van der Waals surface area (Å²) in [6.07, 6.45) is 14.1. The summed E-state index contributed by atoms with van der Waals surface area (Å²) >= 11 is 0. The smallest absolute Gasteiger partial charge is 0.336 e. The van der Waals surface area contributed by atoms with Crippen LogP contribution in [-0.4, -0.2) is 24.3 Å². The maximum absolute atomic E-state index is 15.3. The third-order valence-corrected chi connectivity index (χ3v) is 7.61. The van der Waals surface area contributed by atoms with Gasteiger partial charge in [-0.25, -0.2) is 13.6 Å². The third-order valence-electron chi connectivity index (χ3n) is 7.61. The highest BCUT2D eigenvalue weighted by Gasteiger charge is 2.21. The zero-order valence-electron chi connectivity index (χ0n) is 25.5. The predicted molar refractivity (Wildman–Crippen MR) is 167 cm³/mol. The molecule has 0 aliphatic carbocycles. The summed E-state index contributed by atoms with van der Waals surface area (Å²) in [5.41, 5.74) is 0.499. The molecule has 0 radical (unpaired) electrons. The average Bonchev–Trinajstić information content (AvgIpc) is 3.00. The van der Waals surface area contributed by atoms with E-state index in [1.807, 2.05) is 0 Å². The van der Waals surface area contributed by atoms with Crippen molar-refractivity contribution in [1.82, 2.24) is 0 Å². The quantitative estimate of drug-likeness (QED) is 0.131. The van der Waals surface area contributed by atoms with Crippen LogP contribution in [0.3, 0.4) is 0 Å². The Morgan fingerprint density at radius 3 is 1.70 bits per heavy atom. The van der Waals surface area contributed by atoms with E-state index in [1.54, 1.807) is 6.07 Å². The fourth-order valence-electron chi connectivity index (χ4n) is 5.09. The minimum atomic E-state index is -1.29. The molecule has 0 saturated heterocycles. The summed E-state index contributed by atoms with van der Waals surface area (Å²) in [4.78, 5) is 12.0. The van der Waals surface area contributed by atoms with Gasteiger partial charge in [0, 0.05) is 5.56 Å². The molecule has 0 atom stereocenters. The number of unbranched alkanes of at least 4 members (excludes halogenated alkanes) is 11. The van der Waals surface area contributed by atoms with E-state index in [-0.39, 0.29) is 34.8 Å². The lowest BCUT2D eigenvalue weighted by Gasteiger charge is -2.14. The first-order chi connectivity index (χ1) is 20.9. The van der Waals surface area contributed by atoms with E-state index in [4.69, 9.17) is 9.47 Å². The minimum Gasteiger partial charge on any atom is -0.491 e. The summed E-state index contributed by atoms with van der Waals surface area (Å²) in [6.45, 7) is 5.01. The van der Waals surface area contributed by atoms with Crippen molar-refractivity contribution in [3.8, 4) is 33.8 Å². The molecule has 43 heavy (non-hydrogen) atoms. The number of benzene rings is 3. The van der Waals surface area contributed by atoms with Crippen molar-refractivity contribution < 1.29 is 32.5 Å². The van der Waals surface area contributed by atoms with Crippen LogP contribution >= 0.6 is 0 Å². The zero-order valence-corrected chi connectivity index (χ0v) is 25.5. The first kappa shape index (κ1) is 34.0. The summed E-state index contributed by atoms with van der Waals surface area (Å²) in [6, 6.07) is 11.4. The summed E-state index contributed by atoms with van der Waals surface area (Å²) in [5, 5.41) is 9.76. The molecular weight excluding hydrogens is 553 g/mol. The monoisotopic (exact) mass is 598 g/mol. The first-order valence-electron chi connectivity index (χ1n) is 15.8. The van der Waals surface area contributed by atoms with Crippen LogP contribution in [0.15, 0.2) is 48.5 Å². The first-order valence-corrected chi connectivity index (χ1v) is 15.8. The van der Waals surface area contributed by atoms with Gasteiger partial charge in [-0.1, -0.05) is 96.6 Å². The maximum atomic E-state index is 15.3. The Hall–Kier alpha value is -3.48. The Bertz CT molecular complexity index is 1310. The second-order valence-corrected chi connectivity index (χ2v) is 11.0. The maximum Gasteiger partial charge on any atom is 0.336 e. The fourth-order valence-corrected chi connectivity index (χ4v) is 5.09. The number of aromatic carboxylic acids is 1. The van der Waals surface area contributed by atoms with Crippen molar-refractivity contribution in [2.45, 2.75) is 97.3 Å². The van der Waals surface area contributed by atoms with Gasteiger partial charge in [-0.3, -0.25) is 0 Å². The molecule has 1 N–H and O–H groups in total. The highest BCUT2D eigenvalue weighted by molar-refractivity contribution is 5.97. The molecule has 0 fully saturated rings. The average molecular weight is 599 g/mol. The van der Waals surface area contributed by atoms with Crippen molar-refractivity contribution in [1.29, 1.82) is 0 Å². The van der Waals surface area contributed by atoms with Gasteiger partial charge in [0.25, 0.3) is 0 Å². The van der Waals surface area contributed by atoms with Gasteiger partial charge >= 0.3 is 5.97 Å². The largest absolute Gasteiger partial charge is 0.491 e. The topological polar surface area (TPSA) is 55.8 Å². The van der Waals surface area contributed by atoms with E-state index in [9.17, 15) is 14.3 Å². The number of carboxylic acids is 1. The van der Waals surface area contributed by atoms with Crippen LogP contribution in [0.2, 0.25) is 0 Å². The Kier molecular flexibility index (Phi) is 14.4. The van der Waals surface area contributed by atoms with Gasteiger partial charge in [0.1, 0.15) is 0 Å². The molecule has 7 heteroatoms. The summed E-state index contributed by atoms with van der Waals surface area (Å²) in [7, 11) is 0. The second kappa shape index (κ2) is 18.2. The van der Waals surface area contributed by atoms with E-state index in [1.165, 1.54) is 74.6 Å². The fraction of sp³-hybridized carbons (Fsp3) is 0.472. The molecule has 3 aromatic carbocycles. The van der Waals surface area contributed by atoms with Crippen LogP contribution in [0, 0.1) is 17.5 Å². The van der Waals surface area contributed by atoms with Gasteiger partial charge in [-0.15, -0.1) is 0 Å². The summed E-state index contributed by atoms with van der Waals surface area (Å²) < 4.78 is 56.3. The van der Waals surface area contributed by atoms with E-state index in [0.29, 0.717) is 17.7 Å². The van der Waals surface area contributed by atoms with Crippen molar-refractivity contribution in [3.63, 3.8) is 0 Å². The molecular formula is C36H45F3O4. The molecule has 4 nitrogen and oxygen atoms in total.